The first-order valence-corrected chi connectivity index (χ1v) is 9.03. The number of hydrogen-bond donors (Lipinski definition) is 1. The molecule has 4 heterocycles. The van der Waals surface area contributed by atoms with Crippen LogP contribution in [0.4, 0.5) is 5.82 Å². The maximum absolute atomic E-state index is 4.73. The van der Waals surface area contributed by atoms with E-state index >= 15 is 0 Å². The van der Waals surface area contributed by atoms with Gasteiger partial charge in [0.15, 0.2) is 22.8 Å². The van der Waals surface area contributed by atoms with Crippen molar-refractivity contribution in [3.8, 4) is 0 Å². The Morgan fingerprint density at radius 1 is 1.24 bits per heavy atom. The highest BCUT2D eigenvalue weighted by atomic mass is 15.3. The van der Waals surface area contributed by atoms with E-state index in [4.69, 9.17) is 4.98 Å². The largest absolute Gasteiger partial charge is 0.344 e. The summed E-state index contributed by atoms with van der Waals surface area (Å²) in [7, 11) is 0. The van der Waals surface area contributed by atoms with Gasteiger partial charge in [0.1, 0.15) is 12.2 Å². The van der Waals surface area contributed by atoms with Crippen LogP contribution < -0.4 is 4.90 Å². The van der Waals surface area contributed by atoms with Crippen molar-refractivity contribution in [1.29, 1.82) is 0 Å². The highest BCUT2D eigenvalue weighted by molar-refractivity contribution is 5.83. The fraction of sp³-hybridized carbons (Fsp3) is 0.588. The third kappa shape index (κ3) is 2.75. The first kappa shape index (κ1) is 16.0. The average Bonchev–Trinajstić information content (AvgIpc) is 3.28. The van der Waals surface area contributed by atoms with E-state index in [1.165, 1.54) is 6.42 Å². The van der Waals surface area contributed by atoms with Crippen molar-refractivity contribution in [3.63, 3.8) is 0 Å². The minimum atomic E-state index is 0.152. The molecule has 0 unspecified atom stereocenters. The van der Waals surface area contributed by atoms with Crippen molar-refractivity contribution in [1.82, 2.24) is 34.7 Å². The average molecular weight is 340 g/mol. The summed E-state index contributed by atoms with van der Waals surface area (Å²) in [4.78, 5) is 20.6. The number of anilines is 1. The topological polar surface area (TPSA) is 88.4 Å². The quantitative estimate of drug-likeness (QED) is 0.785. The molecule has 1 aliphatic rings. The number of H-pyrrole nitrogens is 1. The summed E-state index contributed by atoms with van der Waals surface area (Å²) in [6.45, 7) is 8.09. The summed E-state index contributed by atoms with van der Waals surface area (Å²) in [6.07, 6.45) is 6.83. The summed E-state index contributed by atoms with van der Waals surface area (Å²) < 4.78 is 2.05. The van der Waals surface area contributed by atoms with E-state index in [0.29, 0.717) is 5.92 Å². The van der Waals surface area contributed by atoms with Gasteiger partial charge < -0.3 is 9.47 Å². The molecule has 25 heavy (non-hydrogen) atoms. The first-order chi connectivity index (χ1) is 12.2. The third-order valence-electron chi connectivity index (χ3n) is 4.85. The Morgan fingerprint density at radius 3 is 2.88 bits per heavy atom. The zero-order valence-electron chi connectivity index (χ0n) is 15.0. The number of nitrogens with one attached hydrogen (secondary N) is 1. The van der Waals surface area contributed by atoms with E-state index < -0.39 is 0 Å². The van der Waals surface area contributed by atoms with Gasteiger partial charge in [-0.05, 0) is 26.2 Å². The van der Waals surface area contributed by atoms with Gasteiger partial charge in [-0.25, -0.2) is 19.9 Å². The zero-order valence-corrected chi connectivity index (χ0v) is 15.0. The molecule has 1 N–H and O–H groups in total. The van der Waals surface area contributed by atoms with Crippen LogP contribution in [0.1, 0.15) is 63.6 Å². The predicted octanol–water partition coefficient (Wildman–Crippen LogP) is 2.82. The predicted molar refractivity (Wildman–Crippen MR) is 95.4 cm³/mol. The van der Waals surface area contributed by atoms with E-state index in [2.05, 4.69) is 50.8 Å². The lowest BCUT2D eigenvalue weighted by Crippen LogP contribution is -2.35. The molecular formula is C17H24N8. The molecule has 4 rings (SSSR count). The molecule has 0 radical (unpaired) electrons. The Balaban J connectivity index is 1.75. The number of rotatable bonds is 4. The SMILES string of the molecule is CCn1cnc2c(N3CCCC[C@@H]3c3nc(C(C)C)n[nH]3)ncnc21. The Morgan fingerprint density at radius 2 is 2.12 bits per heavy atom. The van der Waals surface area contributed by atoms with Gasteiger partial charge in [0.2, 0.25) is 0 Å². The van der Waals surface area contributed by atoms with Crippen molar-refractivity contribution in [2.45, 2.75) is 58.5 Å². The van der Waals surface area contributed by atoms with Crippen LogP contribution in [0.3, 0.4) is 0 Å². The van der Waals surface area contributed by atoms with Crippen molar-refractivity contribution in [2.24, 2.45) is 0 Å². The summed E-state index contributed by atoms with van der Waals surface area (Å²) in [6, 6.07) is 0.152. The molecule has 1 fully saturated rings. The van der Waals surface area contributed by atoms with Gasteiger partial charge in [0.25, 0.3) is 0 Å². The number of hydrogen-bond acceptors (Lipinski definition) is 6. The van der Waals surface area contributed by atoms with E-state index in [-0.39, 0.29) is 6.04 Å². The minimum absolute atomic E-state index is 0.152. The lowest BCUT2D eigenvalue weighted by molar-refractivity contribution is 0.454. The zero-order chi connectivity index (χ0) is 17.4. The summed E-state index contributed by atoms with van der Waals surface area (Å²) >= 11 is 0. The number of nitrogens with zero attached hydrogens (tertiary/aromatic N) is 7. The molecule has 1 aliphatic heterocycles. The van der Waals surface area contributed by atoms with Crippen LogP contribution in [-0.2, 0) is 6.54 Å². The van der Waals surface area contributed by atoms with E-state index in [0.717, 1.165) is 54.6 Å². The molecule has 1 atom stereocenters. The van der Waals surface area contributed by atoms with Crippen molar-refractivity contribution < 1.29 is 0 Å². The molecule has 8 heteroatoms. The third-order valence-corrected chi connectivity index (χ3v) is 4.85. The van der Waals surface area contributed by atoms with E-state index in [9.17, 15) is 0 Å². The number of piperidine rings is 1. The number of fused-ring (bicyclic) bond motifs is 1. The van der Waals surface area contributed by atoms with Gasteiger partial charge in [-0.2, -0.15) is 5.10 Å². The summed E-state index contributed by atoms with van der Waals surface area (Å²) in [5.74, 6) is 2.99. The smallest absolute Gasteiger partial charge is 0.165 e. The Hall–Kier alpha value is -2.51. The lowest BCUT2D eigenvalue weighted by Gasteiger charge is -2.35. The van der Waals surface area contributed by atoms with Crippen LogP contribution in [0.15, 0.2) is 12.7 Å². The second-order valence-corrected chi connectivity index (χ2v) is 6.84. The monoisotopic (exact) mass is 340 g/mol. The van der Waals surface area contributed by atoms with Crippen LogP contribution in [-0.4, -0.2) is 41.2 Å². The number of aromatic amines is 1. The van der Waals surface area contributed by atoms with Crippen LogP contribution in [0.25, 0.3) is 11.2 Å². The Labute approximate surface area is 146 Å². The van der Waals surface area contributed by atoms with Crippen LogP contribution in [0.5, 0.6) is 0 Å². The lowest BCUT2D eigenvalue weighted by atomic mass is 10.0. The summed E-state index contributed by atoms with van der Waals surface area (Å²) in [5.41, 5.74) is 1.75. The number of imidazole rings is 1. The first-order valence-electron chi connectivity index (χ1n) is 9.03. The van der Waals surface area contributed by atoms with E-state index in [1.54, 1.807) is 6.33 Å². The molecule has 132 valence electrons. The maximum atomic E-state index is 4.73. The van der Waals surface area contributed by atoms with Crippen molar-refractivity contribution >= 4 is 17.0 Å². The molecular weight excluding hydrogens is 316 g/mol. The van der Waals surface area contributed by atoms with Gasteiger partial charge >= 0.3 is 0 Å². The molecule has 1 saturated heterocycles. The molecule has 3 aromatic rings. The van der Waals surface area contributed by atoms with Crippen molar-refractivity contribution in [3.05, 3.63) is 24.3 Å². The molecule has 0 spiro atoms. The summed E-state index contributed by atoms with van der Waals surface area (Å²) in [5, 5.41) is 7.53. The molecule has 0 aromatic carbocycles. The molecule has 8 nitrogen and oxygen atoms in total. The van der Waals surface area contributed by atoms with Gasteiger partial charge in [-0.3, -0.25) is 5.10 Å². The molecule has 0 aliphatic carbocycles. The maximum Gasteiger partial charge on any atom is 0.165 e. The molecule has 0 saturated carbocycles. The van der Waals surface area contributed by atoms with Crippen LogP contribution >= 0.6 is 0 Å². The van der Waals surface area contributed by atoms with Gasteiger partial charge in [0.05, 0.1) is 12.4 Å². The molecule has 0 bridgehead atoms. The standard InChI is InChI=1S/C17H24N8/c1-4-24-10-20-13-16(24)18-9-19-17(13)25-8-6-5-7-12(25)15-21-14(11(2)3)22-23-15/h9-12H,4-8H2,1-3H3,(H,21,22,23)/t12-/m1/s1. The van der Waals surface area contributed by atoms with Gasteiger partial charge in [-0.15, -0.1) is 0 Å². The van der Waals surface area contributed by atoms with Gasteiger partial charge in [-0.1, -0.05) is 13.8 Å². The van der Waals surface area contributed by atoms with Gasteiger partial charge in [0, 0.05) is 19.0 Å². The van der Waals surface area contributed by atoms with Crippen LogP contribution in [0, 0.1) is 0 Å². The van der Waals surface area contributed by atoms with Crippen molar-refractivity contribution in [2.75, 3.05) is 11.4 Å². The highest BCUT2D eigenvalue weighted by Crippen LogP contribution is 2.35. The minimum Gasteiger partial charge on any atom is -0.344 e. The Kier molecular flexibility index (Phi) is 4.10. The van der Waals surface area contributed by atoms with E-state index in [1.807, 2.05) is 10.9 Å². The fourth-order valence-electron chi connectivity index (χ4n) is 3.47. The normalized spacial score (nSPS) is 18.4. The molecule has 3 aromatic heterocycles. The number of aromatic nitrogens is 7. The fourth-order valence-corrected chi connectivity index (χ4v) is 3.47. The molecule has 0 amide bonds. The highest BCUT2D eigenvalue weighted by Gasteiger charge is 2.30. The Bertz CT molecular complexity index is 865. The number of aryl methyl sites for hydroxylation is 1. The second kappa shape index (κ2) is 6.42. The second-order valence-electron chi connectivity index (χ2n) is 6.84. The van der Waals surface area contributed by atoms with Crippen LogP contribution in [0.2, 0.25) is 0 Å².